The van der Waals surface area contributed by atoms with Crippen molar-refractivity contribution < 1.29 is 9.53 Å². The van der Waals surface area contributed by atoms with Gasteiger partial charge in [0.15, 0.2) is 0 Å². The molecule has 104 valence electrons. The molecule has 0 unspecified atom stereocenters. The maximum atomic E-state index is 12.1. The van der Waals surface area contributed by atoms with E-state index in [9.17, 15) is 4.79 Å². The Bertz CT molecular complexity index is 632. The molecule has 0 atom stereocenters. The summed E-state index contributed by atoms with van der Waals surface area (Å²) in [5, 5.41) is 2.80. The standard InChI is InChI=1S/C14H14BrN3O2/c1-20-14-9(3-2-6-17-14)8-18-13(19)11-7-10(15)4-5-12(11)16/h2-7H,8,16H2,1H3,(H,18,19). The van der Waals surface area contributed by atoms with Crippen molar-refractivity contribution in [1.82, 2.24) is 10.3 Å². The Morgan fingerprint density at radius 1 is 1.45 bits per heavy atom. The number of pyridine rings is 1. The van der Waals surface area contributed by atoms with E-state index < -0.39 is 0 Å². The third kappa shape index (κ3) is 3.27. The third-order valence-corrected chi connectivity index (χ3v) is 3.24. The number of nitrogen functional groups attached to an aromatic ring is 1. The Morgan fingerprint density at radius 3 is 3.00 bits per heavy atom. The van der Waals surface area contributed by atoms with Gasteiger partial charge in [0.25, 0.3) is 5.91 Å². The van der Waals surface area contributed by atoms with Crippen molar-refractivity contribution in [2.75, 3.05) is 12.8 Å². The second-order valence-electron chi connectivity index (χ2n) is 4.09. The largest absolute Gasteiger partial charge is 0.481 e. The maximum absolute atomic E-state index is 12.1. The van der Waals surface area contributed by atoms with Crippen LogP contribution in [0.25, 0.3) is 0 Å². The molecule has 0 saturated heterocycles. The number of carbonyl (C=O) groups is 1. The second kappa shape index (κ2) is 6.38. The van der Waals surface area contributed by atoms with E-state index >= 15 is 0 Å². The van der Waals surface area contributed by atoms with E-state index in [4.69, 9.17) is 10.5 Å². The highest BCUT2D eigenvalue weighted by atomic mass is 79.9. The minimum atomic E-state index is -0.241. The van der Waals surface area contributed by atoms with Crippen molar-refractivity contribution in [3.8, 4) is 5.88 Å². The van der Waals surface area contributed by atoms with E-state index in [1.165, 1.54) is 0 Å². The Balaban J connectivity index is 2.11. The van der Waals surface area contributed by atoms with Crippen LogP contribution >= 0.6 is 15.9 Å². The van der Waals surface area contributed by atoms with E-state index in [0.29, 0.717) is 23.7 Å². The summed E-state index contributed by atoms with van der Waals surface area (Å²) in [5.74, 6) is 0.254. The molecule has 0 bridgehead atoms. The van der Waals surface area contributed by atoms with Crippen molar-refractivity contribution in [3.05, 3.63) is 52.1 Å². The van der Waals surface area contributed by atoms with Crippen LogP contribution in [-0.2, 0) is 6.54 Å². The van der Waals surface area contributed by atoms with Gasteiger partial charge >= 0.3 is 0 Å². The molecular weight excluding hydrogens is 322 g/mol. The molecule has 2 aromatic rings. The van der Waals surface area contributed by atoms with Crippen LogP contribution in [0.1, 0.15) is 15.9 Å². The van der Waals surface area contributed by atoms with Crippen molar-refractivity contribution >= 4 is 27.5 Å². The Kier molecular flexibility index (Phi) is 4.57. The zero-order chi connectivity index (χ0) is 14.5. The average molecular weight is 336 g/mol. The van der Waals surface area contributed by atoms with Gasteiger partial charge in [0.2, 0.25) is 5.88 Å². The number of rotatable bonds is 4. The fourth-order valence-electron chi connectivity index (χ4n) is 1.74. The summed E-state index contributed by atoms with van der Waals surface area (Å²) in [6, 6.07) is 8.79. The first-order valence-corrected chi connectivity index (χ1v) is 6.72. The van der Waals surface area contributed by atoms with Gasteiger partial charge in [0, 0.05) is 28.5 Å². The van der Waals surface area contributed by atoms with Crippen LogP contribution in [-0.4, -0.2) is 18.0 Å². The number of hydrogen-bond donors (Lipinski definition) is 2. The molecule has 0 aliphatic carbocycles. The first-order valence-electron chi connectivity index (χ1n) is 5.93. The number of hydrogen-bond acceptors (Lipinski definition) is 4. The molecular formula is C14H14BrN3O2. The highest BCUT2D eigenvalue weighted by Crippen LogP contribution is 2.19. The van der Waals surface area contributed by atoms with Gasteiger partial charge < -0.3 is 15.8 Å². The predicted molar refractivity (Wildman–Crippen MR) is 80.5 cm³/mol. The fourth-order valence-corrected chi connectivity index (χ4v) is 2.10. The summed E-state index contributed by atoms with van der Waals surface area (Å²) < 4.78 is 5.93. The lowest BCUT2D eigenvalue weighted by Crippen LogP contribution is -2.24. The minimum absolute atomic E-state index is 0.241. The molecule has 0 aliphatic heterocycles. The maximum Gasteiger partial charge on any atom is 0.253 e. The highest BCUT2D eigenvalue weighted by Gasteiger charge is 2.11. The lowest BCUT2D eigenvalue weighted by Gasteiger charge is -2.10. The predicted octanol–water partition coefficient (Wildman–Crippen LogP) is 2.36. The van der Waals surface area contributed by atoms with Gasteiger partial charge in [-0.25, -0.2) is 4.98 Å². The summed E-state index contributed by atoms with van der Waals surface area (Å²) >= 11 is 3.32. The van der Waals surface area contributed by atoms with Crippen molar-refractivity contribution in [3.63, 3.8) is 0 Å². The van der Waals surface area contributed by atoms with Gasteiger partial charge in [-0.3, -0.25) is 4.79 Å². The Labute approximate surface area is 125 Å². The second-order valence-corrected chi connectivity index (χ2v) is 5.00. The molecule has 1 aromatic carbocycles. The average Bonchev–Trinajstić information content (AvgIpc) is 2.47. The number of amides is 1. The molecule has 6 heteroatoms. The molecule has 0 saturated carbocycles. The quantitative estimate of drug-likeness (QED) is 0.841. The van der Waals surface area contributed by atoms with Gasteiger partial charge in [-0.1, -0.05) is 22.0 Å². The molecule has 1 aromatic heterocycles. The minimum Gasteiger partial charge on any atom is -0.481 e. The molecule has 0 spiro atoms. The lowest BCUT2D eigenvalue weighted by atomic mass is 10.1. The molecule has 20 heavy (non-hydrogen) atoms. The van der Waals surface area contributed by atoms with Gasteiger partial charge in [-0.05, 0) is 24.3 Å². The van der Waals surface area contributed by atoms with E-state index in [0.717, 1.165) is 10.0 Å². The van der Waals surface area contributed by atoms with Crippen LogP contribution in [0.4, 0.5) is 5.69 Å². The Hall–Kier alpha value is -2.08. The first kappa shape index (κ1) is 14.3. The smallest absolute Gasteiger partial charge is 0.253 e. The number of nitrogens with two attached hydrogens (primary N) is 1. The molecule has 3 N–H and O–H groups in total. The van der Waals surface area contributed by atoms with Gasteiger partial charge in [0.1, 0.15) is 0 Å². The molecule has 1 heterocycles. The number of nitrogens with zero attached hydrogens (tertiary/aromatic N) is 1. The van der Waals surface area contributed by atoms with Crippen molar-refractivity contribution in [2.24, 2.45) is 0 Å². The van der Waals surface area contributed by atoms with Gasteiger partial charge in [-0.15, -0.1) is 0 Å². The summed E-state index contributed by atoms with van der Waals surface area (Å²) in [4.78, 5) is 16.2. The molecule has 5 nitrogen and oxygen atoms in total. The fraction of sp³-hybridized carbons (Fsp3) is 0.143. The molecule has 2 rings (SSSR count). The summed E-state index contributed by atoms with van der Waals surface area (Å²) in [5.41, 5.74) is 7.47. The van der Waals surface area contributed by atoms with Crippen LogP contribution in [0.15, 0.2) is 41.0 Å². The number of aromatic nitrogens is 1. The highest BCUT2D eigenvalue weighted by molar-refractivity contribution is 9.10. The van der Waals surface area contributed by atoms with Crippen molar-refractivity contribution in [2.45, 2.75) is 6.54 Å². The van der Waals surface area contributed by atoms with E-state index in [-0.39, 0.29) is 5.91 Å². The van der Waals surface area contributed by atoms with E-state index in [1.807, 2.05) is 6.07 Å². The van der Waals surface area contributed by atoms with E-state index in [1.54, 1.807) is 37.6 Å². The zero-order valence-electron chi connectivity index (χ0n) is 10.9. The number of ether oxygens (including phenoxy) is 1. The van der Waals surface area contributed by atoms with Crippen LogP contribution < -0.4 is 15.8 Å². The summed E-state index contributed by atoms with van der Waals surface area (Å²) in [6.07, 6.45) is 1.64. The number of methoxy groups -OCH3 is 1. The molecule has 0 fully saturated rings. The van der Waals surface area contributed by atoms with Gasteiger partial charge in [-0.2, -0.15) is 0 Å². The number of nitrogens with one attached hydrogen (secondary N) is 1. The number of halogens is 1. The van der Waals surface area contributed by atoms with Gasteiger partial charge in [0.05, 0.1) is 12.7 Å². The molecule has 0 radical (unpaired) electrons. The van der Waals surface area contributed by atoms with Crippen LogP contribution in [0.2, 0.25) is 0 Å². The summed E-state index contributed by atoms with van der Waals surface area (Å²) in [7, 11) is 1.54. The number of carbonyl (C=O) groups excluding carboxylic acids is 1. The normalized spacial score (nSPS) is 10.1. The first-order chi connectivity index (χ1) is 9.61. The SMILES string of the molecule is COc1ncccc1CNC(=O)c1cc(Br)ccc1N. The Morgan fingerprint density at radius 2 is 2.25 bits per heavy atom. The van der Waals surface area contributed by atoms with Crippen LogP contribution in [0, 0.1) is 0 Å². The lowest BCUT2D eigenvalue weighted by molar-refractivity contribution is 0.0951. The number of benzene rings is 1. The molecule has 0 aliphatic rings. The molecule has 1 amide bonds. The van der Waals surface area contributed by atoms with Crippen LogP contribution in [0.5, 0.6) is 5.88 Å². The van der Waals surface area contributed by atoms with E-state index in [2.05, 4.69) is 26.2 Å². The zero-order valence-corrected chi connectivity index (χ0v) is 12.5. The monoisotopic (exact) mass is 335 g/mol. The topological polar surface area (TPSA) is 77.2 Å². The number of anilines is 1. The summed E-state index contributed by atoms with van der Waals surface area (Å²) in [6.45, 7) is 0.321. The van der Waals surface area contributed by atoms with Crippen molar-refractivity contribution in [1.29, 1.82) is 0 Å². The third-order valence-electron chi connectivity index (χ3n) is 2.74. The van der Waals surface area contributed by atoms with Crippen LogP contribution in [0.3, 0.4) is 0 Å².